The van der Waals surface area contributed by atoms with Gasteiger partial charge in [0.1, 0.15) is 0 Å². The maximum atomic E-state index is 4.66. The summed E-state index contributed by atoms with van der Waals surface area (Å²) in [5, 5.41) is 4.57. The average Bonchev–Trinajstić information content (AvgIpc) is 2.42. The van der Waals surface area contributed by atoms with Gasteiger partial charge in [0.15, 0.2) is 5.17 Å². The zero-order chi connectivity index (χ0) is 10.6. The zero-order valence-corrected chi connectivity index (χ0v) is 11.1. The number of amidine groups is 1. The number of nitrogens with zero attached hydrogens (tertiary/aromatic N) is 1. The van der Waals surface area contributed by atoms with Crippen molar-refractivity contribution in [2.24, 2.45) is 4.99 Å². The summed E-state index contributed by atoms with van der Waals surface area (Å²) in [6.07, 6.45) is 3.32. The summed E-state index contributed by atoms with van der Waals surface area (Å²) in [6, 6.07) is 0.450. The van der Waals surface area contributed by atoms with Gasteiger partial charge in [-0.15, -0.1) is 0 Å². The monoisotopic (exact) mass is 232 g/mol. The minimum atomic E-state index is 0.225. The normalized spacial score (nSPS) is 25.0. The molecule has 1 unspecified atom stereocenters. The first kappa shape index (κ1) is 12.2. The smallest absolute Gasteiger partial charge is 0.157 e. The van der Waals surface area contributed by atoms with Crippen molar-refractivity contribution >= 4 is 28.7 Å². The Morgan fingerprint density at radius 1 is 1.64 bits per heavy atom. The highest BCUT2D eigenvalue weighted by atomic mass is 32.2. The zero-order valence-electron chi connectivity index (χ0n) is 9.46. The number of nitrogens with one attached hydrogen (secondary N) is 1. The lowest BCUT2D eigenvalue weighted by molar-refractivity contribution is 0.534. The second kappa shape index (κ2) is 5.31. The molecule has 0 aromatic heterocycles. The second-order valence-corrected chi connectivity index (χ2v) is 6.31. The second-order valence-electron chi connectivity index (χ2n) is 4.36. The molecule has 0 aliphatic carbocycles. The van der Waals surface area contributed by atoms with Crippen LogP contribution in [0.1, 0.15) is 27.2 Å². The summed E-state index contributed by atoms with van der Waals surface area (Å²) in [5.74, 6) is 2.33. The van der Waals surface area contributed by atoms with Crippen LogP contribution >= 0.6 is 23.5 Å². The average molecular weight is 232 g/mol. The number of thioether (sulfide) groups is 2. The molecule has 2 nitrogen and oxygen atoms in total. The Morgan fingerprint density at radius 2 is 2.36 bits per heavy atom. The summed E-state index contributed by atoms with van der Waals surface area (Å²) in [6.45, 7) is 6.63. The molecule has 0 radical (unpaired) electrons. The minimum Gasteiger partial charge on any atom is -0.359 e. The van der Waals surface area contributed by atoms with Crippen LogP contribution in [0.2, 0.25) is 0 Å². The van der Waals surface area contributed by atoms with Gasteiger partial charge in [-0.25, -0.2) is 0 Å². The predicted molar refractivity (Wildman–Crippen MR) is 69.6 cm³/mol. The Bertz CT molecular complexity index is 214. The van der Waals surface area contributed by atoms with Gasteiger partial charge in [-0.2, -0.15) is 11.8 Å². The van der Waals surface area contributed by atoms with Gasteiger partial charge in [0.05, 0.1) is 6.04 Å². The van der Waals surface area contributed by atoms with E-state index in [9.17, 15) is 0 Å². The van der Waals surface area contributed by atoms with Crippen molar-refractivity contribution in [1.29, 1.82) is 0 Å². The van der Waals surface area contributed by atoms with E-state index in [1.54, 1.807) is 0 Å². The fraction of sp³-hybridized carbons (Fsp3) is 0.900. The quantitative estimate of drug-likeness (QED) is 0.806. The molecule has 0 aromatic rings. The lowest BCUT2D eigenvalue weighted by Gasteiger charge is -2.16. The predicted octanol–water partition coefficient (Wildman–Crippen LogP) is 2.60. The van der Waals surface area contributed by atoms with Gasteiger partial charge in [-0.3, -0.25) is 4.99 Å². The molecular formula is C10H20N2S2. The van der Waals surface area contributed by atoms with Gasteiger partial charge in [0.25, 0.3) is 0 Å². The fourth-order valence-electron chi connectivity index (χ4n) is 1.23. The van der Waals surface area contributed by atoms with E-state index in [0.717, 1.165) is 10.9 Å². The van der Waals surface area contributed by atoms with E-state index in [1.165, 1.54) is 12.2 Å². The lowest BCUT2D eigenvalue weighted by Crippen LogP contribution is -2.37. The van der Waals surface area contributed by atoms with Crippen molar-refractivity contribution in [2.75, 3.05) is 17.8 Å². The molecule has 0 saturated carbocycles. The van der Waals surface area contributed by atoms with Gasteiger partial charge < -0.3 is 5.32 Å². The standard InChI is InChI=1S/C10H20N2S2/c1-8(5-6-13-4)11-9-12-10(2,3)7-14-9/h8H,5-7H2,1-4H3,(H,11,12). The maximum absolute atomic E-state index is 4.66. The number of hydrogen-bond donors (Lipinski definition) is 1. The SMILES string of the molecule is CSCCC(C)N=C1NC(C)(C)CS1. The number of aliphatic imine (C=N–C) groups is 1. The third-order valence-corrected chi connectivity index (χ3v) is 4.08. The topological polar surface area (TPSA) is 24.4 Å². The molecule has 1 fully saturated rings. The summed E-state index contributed by atoms with van der Waals surface area (Å²) < 4.78 is 0. The first-order valence-corrected chi connectivity index (χ1v) is 7.39. The third kappa shape index (κ3) is 4.13. The van der Waals surface area contributed by atoms with Crippen LogP contribution in [-0.4, -0.2) is 34.5 Å². The van der Waals surface area contributed by atoms with E-state index < -0.39 is 0 Å². The van der Waals surface area contributed by atoms with Crippen LogP contribution in [-0.2, 0) is 0 Å². The van der Waals surface area contributed by atoms with Crippen molar-refractivity contribution in [3.05, 3.63) is 0 Å². The molecule has 1 saturated heterocycles. The largest absolute Gasteiger partial charge is 0.359 e. The fourth-order valence-corrected chi connectivity index (χ4v) is 2.98. The van der Waals surface area contributed by atoms with Crippen molar-refractivity contribution in [3.63, 3.8) is 0 Å². The van der Waals surface area contributed by atoms with Gasteiger partial charge in [-0.05, 0) is 39.2 Å². The molecule has 1 rings (SSSR count). The minimum absolute atomic E-state index is 0.225. The highest BCUT2D eigenvalue weighted by Gasteiger charge is 2.27. The van der Waals surface area contributed by atoms with Gasteiger partial charge >= 0.3 is 0 Å². The van der Waals surface area contributed by atoms with Crippen LogP contribution in [0.4, 0.5) is 0 Å². The van der Waals surface area contributed by atoms with Crippen molar-refractivity contribution in [2.45, 2.75) is 38.8 Å². The third-order valence-electron chi connectivity index (χ3n) is 2.09. The van der Waals surface area contributed by atoms with Crippen LogP contribution in [0, 0.1) is 0 Å². The summed E-state index contributed by atoms with van der Waals surface area (Å²) >= 11 is 3.73. The van der Waals surface area contributed by atoms with Crippen LogP contribution in [0.5, 0.6) is 0 Å². The van der Waals surface area contributed by atoms with Crippen LogP contribution in [0.15, 0.2) is 4.99 Å². The number of rotatable bonds is 4. The maximum Gasteiger partial charge on any atom is 0.157 e. The molecule has 0 aromatic carbocycles. The van der Waals surface area contributed by atoms with E-state index >= 15 is 0 Å². The van der Waals surface area contributed by atoms with Crippen molar-refractivity contribution in [1.82, 2.24) is 5.32 Å². The van der Waals surface area contributed by atoms with E-state index in [1.807, 2.05) is 23.5 Å². The molecule has 1 N–H and O–H groups in total. The highest BCUT2D eigenvalue weighted by molar-refractivity contribution is 8.14. The highest BCUT2D eigenvalue weighted by Crippen LogP contribution is 2.22. The van der Waals surface area contributed by atoms with Crippen molar-refractivity contribution in [3.8, 4) is 0 Å². The van der Waals surface area contributed by atoms with E-state index in [2.05, 4.69) is 37.3 Å². The molecule has 0 spiro atoms. The van der Waals surface area contributed by atoms with Crippen LogP contribution in [0.25, 0.3) is 0 Å². The van der Waals surface area contributed by atoms with E-state index in [4.69, 9.17) is 0 Å². The first-order valence-electron chi connectivity index (χ1n) is 5.01. The van der Waals surface area contributed by atoms with Gasteiger partial charge in [0.2, 0.25) is 0 Å². The number of hydrogen-bond acceptors (Lipinski definition) is 3. The van der Waals surface area contributed by atoms with Gasteiger partial charge in [-0.1, -0.05) is 11.8 Å². The first-order chi connectivity index (χ1) is 6.53. The molecule has 1 heterocycles. The Hall–Kier alpha value is 0.170. The molecule has 1 atom stereocenters. The summed E-state index contributed by atoms with van der Waals surface area (Å²) in [7, 11) is 0. The Kier molecular flexibility index (Phi) is 4.64. The molecule has 0 amide bonds. The summed E-state index contributed by atoms with van der Waals surface area (Å²) in [4.78, 5) is 4.66. The van der Waals surface area contributed by atoms with Crippen molar-refractivity contribution < 1.29 is 0 Å². The Labute approximate surface area is 95.7 Å². The molecule has 0 bridgehead atoms. The van der Waals surface area contributed by atoms with Gasteiger partial charge in [0, 0.05) is 11.3 Å². The van der Waals surface area contributed by atoms with E-state index in [-0.39, 0.29) is 5.54 Å². The molecular weight excluding hydrogens is 212 g/mol. The summed E-state index contributed by atoms with van der Waals surface area (Å²) in [5.41, 5.74) is 0.225. The molecule has 14 heavy (non-hydrogen) atoms. The lowest BCUT2D eigenvalue weighted by atomic mass is 10.1. The molecule has 82 valence electrons. The van der Waals surface area contributed by atoms with Crippen LogP contribution < -0.4 is 5.32 Å². The van der Waals surface area contributed by atoms with E-state index in [0.29, 0.717) is 6.04 Å². The molecule has 1 aliphatic heterocycles. The Balaban J connectivity index is 2.37. The Morgan fingerprint density at radius 3 is 2.86 bits per heavy atom. The molecule has 4 heteroatoms. The van der Waals surface area contributed by atoms with Crippen LogP contribution in [0.3, 0.4) is 0 Å². The molecule has 1 aliphatic rings.